The highest BCUT2D eigenvalue weighted by Crippen LogP contribution is 2.25. The molecule has 0 unspecified atom stereocenters. The van der Waals surface area contributed by atoms with Crippen molar-refractivity contribution in [2.45, 2.75) is 33.2 Å². The summed E-state index contributed by atoms with van der Waals surface area (Å²) in [5, 5.41) is 8.79. The third-order valence-corrected chi connectivity index (χ3v) is 3.17. The molecule has 3 heteroatoms. The van der Waals surface area contributed by atoms with Gasteiger partial charge in [-0.25, -0.2) is 0 Å². The van der Waals surface area contributed by atoms with E-state index in [-0.39, 0.29) is 6.61 Å². The fourth-order valence-electron chi connectivity index (χ4n) is 2.19. The van der Waals surface area contributed by atoms with Gasteiger partial charge in [-0.3, -0.25) is 0 Å². The van der Waals surface area contributed by atoms with Gasteiger partial charge in [0.1, 0.15) is 5.75 Å². The molecule has 0 bridgehead atoms. The first-order valence-electron chi connectivity index (χ1n) is 6.52. The van der Waals surface area contributed by atoms with Gasteiger partial charge in [0.15, 0.2) is 0 Å². The topological polar surface area (TPSA) is 32.7 Å². The van der Waals surface area contributed by atoms with Crippen molar-refractivity contribution in [3.8, 4) is 5.75 Å². The van der Waals surface area contributed by atoms with Crippen molar-refractivity contribution in [3.63, 3.8) is 0 Å². The summed E-state index contributed by atoms with van der Waals surface area (Å²) < 4.78 is 5.47. The molecule has 0 saturated heterocycles. The number of aryl methyl sites for hydroxylation is 2. The molecule has 102 valence electrons. The van der Waals surface area contributed by atoms with Crippen molar-refractivity contribution in [1.82, 2.24) is 4.90 Å². The minimum atomic E-state index is 0.278. The number of aliphatic hydroxyl groups is 1. The molecule has 0 aromatic heterocycles. The molecule has 0 aliphatic carbocycles. The van der Waals surface area contributed by atoms with Crippen molar-refractivity contribution in [2.75, 3.05) is 27.3 Å². The number of methoxy groups -OCH3 is 1. The van der Waals surface area contributed by atoms with Gasteiger partial charge in [0.05, 0.1) is 7.11 Å². The van der Waals surface area contributed by atoms with Gasteiger partial charge in [0.25, 0.3) is 0 Å². The van der Waals surface area contributed by atoms with Crippen molar-refractivity contribution in [1.29, 1.82) is 0 Å². The fraction of sp³-hybridized carbons (Fsp3) is 0.600. The van der Waals surface area contributed by atoms with E-state index in [1.807, 2.05) is 0 Å². The minimum Gasteiger partial charge on any atom is -0.496 e. The van der Waals surface area contributed by atoms with Crippen LogP contribution in [-0.4, -0.2) is 37.3 Å². The number of benzene rings is 1. The van der Waals surface area contributed by atoms with Gasteiger partial charge in [-0.05, 0) is 57.5 Å². The molecule has 1 aromatic rings. The summed E-state index contributed by atoms with van der Waals surface area (Å²) in [5.74, 6) is 0.974. The van der Waals surface area contributed by atoms with Crippen molar-refractivity contribution in [3.05, 3.63) is 28.8 Å². The summed E-state index contributed by atoms with van der Waals surface area (Å²) in [4.78, 5) is 2.27. The SMILES string of the molecule is COc1cc(C)cc(C)c1CN(C)CCCCO. The summed E-state index contributed by atoms with van der Waals surface area (Å²) in [6, 6.07) is 4.28. The van der Waals surface area contributed by atoms with Crippen LogP contribution < -0.4 is 4.74 Å². The van der Waals surface area contributed by atoms with Gasteiger partial charge in [-0.2, -0.15) is 0 Å². The van der Waals surface area contributed by atoms with E-state index < -0.39 is 0 Å². The van der Waals surface area contributed by atoms with Crippen molar-refractivity contribution >= 4 is 0 Å². The fourth-order valence-corrected chi connectivity index (χ4v) is 2.19. The van der Waals surface area contributed by atoms with Crippen molar-refractivity contribution < 1.29 is 9.84 Å². The zero-order valence-electron chi connectivity index (χ0n) is 12.0. The molecule has 0 radical (unpaired) electrons. The third-order valence-electron chi connectivity index (χ3n) is 3.17. The van der Waals surface area contributed by atoms with E-state index in [2.05, 4.69) is 37.9 Å². The van der Waals surface area contributed by atoms with Crippen LogP contribution in [0.4, 0.5) is 0 Å². The normalized spacial score (nSPS) is 11.0. The lowest BCUT2D eigenvalue weighted by atomic mass is 10.0. The van der Waals surface area contributed by atoms with E-state index in [0.717, 1.165) is 31.7 Å². The Morgan fingerprint density at radius 1 is 1.22 bits per heavy atom. The van der Waals surface area contributed by atoms with Gasteiger partial charge >= 0.3 is 0 Å². The van der Waals surface area contributed by atoms with Gasteiger partial charge < -0.3 is 14.7 Å². The smallest absolute Gasteiger partial charge is 0.123 e. The minimum absolute atomic E-state index is 0.278. The Morgan fingerprint density at radius 3 is 2.56 bits per heavy atom. The van der Waals surface area contributed by atoms with Crippen LogP contribution in [0.1, 0.15) is 29.5 Å². The average Bonchev–Trinajstić information content (AvgIpc) is 2.32. The molecule has 3 nitrogen and oxygen atoms in total. The molecule has 1 aromatic carbocycles. The Hall–Kier alpha value is -1.06. The van der Waals surface area contributed by atoms with Gasteiger partial charge in [-0.1, -0.05) is 6.07 Å². The highest BCUT2D eigenvalue weighted by molar-refractivity contribution is 5.42. The number of unbranched alkanes of at least 4 members (excludes halogenated alkanes) is 1. The Balaban J connectivity index is 2.71. The maximum Gasteiger partial charge on any atom is 0.123 e. The molecule has 1 N–H and O–H groups in total. The van der Waals surface area contributed by atoms with Crippen molar-refractivity contribution in [2.24, 2.45) is 0 Å². The number of rotatable bonds is 7. The van der Waals surface area contributed by atoms with E-state index in [9.17, 15) is 0 Å². The summed E-state index contributed by atoms with van der Waals surface area (Å²) >= 11 is 0. The Bertz CT molecular complexity index is 377. The molecule has 0 saturated carbocycles. The maximum atomic E-state index is 8.79. The lowest BCUT2D eigenvalue weighted by Gasteiger charge is -2.20. The van der Waals surface area contributed by atoms with E-state index in [1.54, 1.807) is 7.11 Å². The van der Waals surface area contributed by atoms with Crippen LogP contribution in [0.5, 0.6) is 5.75 Å². The highest BCUT2D eigenvalue weighted by atomic mass is 16.5. The molecule has 0 aliphatic rings. The van der Waals surface area contributed by atoms with Crippen LogP contribution in [0.15, 0.2) is 12.1 Å². The van der Waals surface area contributed by atoms with Crippen LogP contribution >= 0.6 is 0 Å². The zero-order valence-corrected chi connectivity index (χ0v) is 12.0. The molecule has 18 heavy (non-hydrogen) atoms. The highest BCUT2D eigenvalue weighted by Gasteiger charge is 2.10. The largest absolute Gasteiger partial charge is 0.496 e. The Labute approximate surface area is 110 Å². The molecular weight excluding hydrogens is 226 g/mol. The van der Waals surface area contributed by atoms with E-state index >= 15 is 0 Å². The molecule has 0 atom stereocenters. The second-order valence-corrected chi connectivity index (χ2v) is 4.93. The summed E-state index contributed by atoms with van der Waals surface area (Å²) in [7, 11) is 3.83. The average molecular weight is 251 g/mol. The molecule has 1 rings (SSSR count). The summed E-state index contributed by atoms with van der Waals surface area (Å²) in [5.41, 5.74) is 3.77. The number of aliphatic hydroxyl groups excluding tert-OH is 1. The molecule has 0 heterocycles. The second-order valence-electron chi connectivity index (χ2n) is 4.93. The number of nitrogens with zero attached hydrogens (tertiary/aromatic N) is 1. The summed E-state index contributed by atoms with van der Waals surface area (Å²) in [6.07, 6.45) is 1.90. The molecule has 0 spiro atoms. The Morgan fingerprint density at radius 2 is 1.94 bits per heavy atom. The van der Waals surface area contributed by atoms with Gasteiger partial charge in [-0.15, -0.1) is 0 Å². The van der Waals surface area contributed by atoms with E-state index in [4.69, 9.17) is 9.84 Å². The lowest BCUT2D eigenvalue weighted by Crippen LogP contribution is -2.20. The number of hydrogen-bond acceptors (Lipinski definition) is 3. The quantitative estimate of drug-likeness (QED) is 0.756. The third kappa shape index (κ3) is 4.31. The molecule has 0 fully saturated rings. The van der Waals surface area contributed by atoms with Gasteiger partial charge in [0.2, 0.25) is 0 Å². The maximum absolute atomic E-state index is 8.79. The van der Waals surface area contributed by atoms with Crippen LogP contribution in [-0.2, 0) is 6.54 Å². The first-order chi connectivity index (χ1) is 8.58. The van der Waals surface area contributed by atoms with Crippen LogP contribution in [0.2, 0.25) is 0 Å². The Kier molecular flexibility index (Phi) is 6.16. The van der Waals surface area contributed by atoms with Crippen LogP contribution in [0, 0.1) is 13.8 Å². The van der Waals surface area contributed by atoms with E-state index in [0.29, 0.717) is 0 Å². The van der Waals surface area contributed by atoms with E-state index in [1.165, 1.54) is 16.7 Å². The molecular formula is C15H25NO2. The van der Waals surface area contributed by atoms with Crippen LogP contribution in [0.3, 0.4) is 0 Å². The zero-order chi connectivity index (χ0) is 13.5. The lowest BCUT2D eigenvalue weighted by molar-refractivity contribution is 0.259. The monoisotopic (exact) mass is 251 g/mol. The second kappa shape index (κ2) is 7.39. The first kappa shape index (κ1) is 15.0. The molecule has 0 aliphatic heterocycles. The predicted molar refractivity (Wildman–Crippen MR) is 75.1 cm³/mol. The number of ether oxygens (including phenoxy) is 1. The molecule has 0 amide bonds. The predicted octanol–water partition coefficient (Wildman–Crippen LogP) is 2.52. The number of hydrogen-bond donors (Lipinski definition) is 1. The first-order valence-corrected chi connectivity index (χ1v) is 6.52. The van der Waals surface area contributed by atoms with Gasteiger partial charge in [0, 0.05) is 18.7 Å². The standard InChI is InChI=1S/C15H25NO2/c1-12-9-13(2)14(15(10-12)18-4)11-16(3)7-5-6-8-17/h9-10,17H,5-8,11H2,1-4H3. The summed E-state index contributed by atoms with van der Waals surface area (Å²) in [6.45, 7) is 6.38. The van der Waals surface area contributed by atoms with Crippen LogP contribution in [0.25, 0.3) is 0 Å².